The van der Waals surface area contributed by atoms with Gasteiger partial charge in [-0.15, -0.1) is 0 Å². The lowest BCUT2D eigenvalue weighted by molar-refractivity contribution is -0.131. The molecule has 1 aromatic carbocycles. The van der Waals surface area contributed by atoms with Crippen molar-refractivity contribution in [1.29, 1.82) is 0 Å². The number of ether oxygens (including phenoxy) is 1. The maximum absolute atomic E-state index is 14.3. The second-order valence-electron chi connectivity index (χ2n) is 10.7. The fraction of sp³-hybridized carbons (Fsp3) is 0.481. The highest BCUT2D eigenvalue weighted by Crippen LogP contribution is 2.35. The van der Waals surface area contributed by atoms with Gasteiger partial charge in [0.1, 0.15) is 23.2 Å². The van der Waals surface area contributed by atoms with Gasteiger partial charge in [0.05, 0.1) is 17.3 Å². The van der Waals surface area contributed by atoms with Crippen molar-refractivity contribution < 1.29 is 18.7 Å². The Hall–Kier alpha value is -3.93. The van der Waals surface area contributed by atoms with Gasteiger partial charge in [-0.1, -0.05) is 0 Å². The second-order valence-corrected chi connectivity index (χ2v) is 10.7. The van der Waals surface area contributed by atoms with Gasteiger partial charge in [-0.3, -0.25) is 9.59 Å². The largest absolute Gasteiger partial charge is 0.483 e. The standard InChI is InChI=1S/C27H33FN8O3/c1-32-9-10-33(2)26(37)16-39-22-7-6-17(28)11-19(22)27(38)35-8-4-3-5-21(35)20-12-24-30-23(34-14-18(29)15-34)13-25(32)36(24)31-20/h6-7,11-13,18,21H,3-5,8-10,14-16,29H2,1-2H3/t21-/m0/s1. The summed E-state index contributed by atoms with van der Waals surface area (Å²) in [7, 11) is 3.67. The molecule has 2 aromatic heterocycles. The van der Waals surface area contributed by atoms with E-state index in [0.717, 1.165) is 49.7 Å². The fourth-order valence-corrected chi connectivity index (χ4v) is 5.48. The number of piperidine rings is 1. The van der Waals surface area contributed by atoms with Gasteiger partial charge in [0.25, 0.3) is 11.8 Å². The second kappa shape index (κ2) is 9.99. The van der Waals surface area contributed by atoms with Crippen LogP contribution in [0.15, 0.2) is 30.3 Å². The highest BCUT2D eigenvalue weighted by atomic mass is 19.1. The van der Waals surface area contributed by atoms with E-state index in [-0.39, 0.29) is 41.8 Å². The number of likely N-dealkylation sites (N-methyl/N-ethyl adjacent to an activating group) is 2. The molecule has 3 aliphatic rings. The lowest BCUT2D eigenvalue weighted by atomic mass is 9.98. The zero-order valence-electron chi connectivity index (χ0n) is 22.2. The van der Waals surface area contributed by atoms with Gasteiger partial charge in [0.2, 0.25) is 0 Å². The Morgan fingerprint density at radius 1 is 1.03 bits per heavy atom. The zero-order chi connectivity index (χ0) is 27.3. The molecule has 0 aliphatic carbocycles. The van der Waals surface area contributed by atoms with Crippen molar-refractivity contribution in [2.24, 2.45) is 5.73 Å². The Morgan fingerprint density at radius 3 is 2.62 bits per heavy atom. The SMILES string of the molecule is CN1CCN(C)c2cc(N3CC(N)C3)nc3cc(nn23)[C@@H]2CCCCN2C(=O)c2cc(F)ccc2OCC1=O. The van der Waals surface area contributed by atoms with Gasteiger partial charge in [-0.2, -0.15) is 9.61 Å². The van der Waals surface area contributed by atoms with Crippen LogP contribution in [0.2, 0.25) is 0 Å². The molecule has 206 valence electrons. The molecule has 5 heterocycles. The zero-order valence-corrected chi connectivity index (χ0v) is 22.2. The lowest BCUT2D eigenvalue weighted by Gasteiger charge is -2.38. The van der Waals surface area contributed by atoms with Crippen LogP contribution in [0.3, 0.4) is 0 Å². The quantitative estimate of drug-likeness (QED) is 0.500. The molecule has 12 heteroatoms. The van der Waals surface area contributed by atoms with Crippen molar-refractivity contribution >= 4 is 29.1 Å². The summed E-state index contributed by atoms with van der Waals surface area (Å²) in [4.78, 5) is 39.1. The molecule has 6 rings (SSSR count). The van der Waals surface area contributed by atoms with Crippen molar-refractivity contribution in [3.63, 3.8) is 0 Å². The maximum Gasteiger partial charge on any atom is 0.260 e. The fourth-order valence-electron chi connectivity index (χ4n) is 5.48. The van der Waals surface area contributed by atoms with E-state index in [1.54, 1.807) is 21.4 Å². The van der Waals surface area contributed by atoms with Crippen LogP contribution in [-0.4, -0.2) is 95.7 Å². The van der Waals surface area contributed by atoms with Crippen LogP contribution in [0.4, 0.5) is 16.0 Å². The number of nitrogens with two attached hydrogens (primary N) is 1. The molecule has 3 aliphatic heterocycles. The Balaban J connectivity index is 1.47. The Bertz CT molecular complexity index is 1420. The summed E-state index contributed by atoms with van der Waals surface area (Å²) < 4.78 is 21.9. The average molecular weight is 537 g/mol. The average Bonchev–Trinajstić information content (AvgIpc) is 3.35. The Kier molecular flexibility index (Phi) is 6.49. The minimum Gasteiger partial charge on any atom is -0.483 e. The van der Waals surface area contributed by atoms with Crippen LogP contribution in [0.1, 0.15) is 41.4 Å². The molecule has 2 N–H and O–H groups in total. The molecular formula is C27H33FN8O3. The molecule has 2 amide bonds. The summed E-state index contributed by atoms with van der Waals surface area (Å²) in [6.45, 7) is 2.69. The highest BCUT2D eigenvalue weighted by molar-refractivity contribution is 5.97. The Labute approximate surface area is 225 Å². The van der Waals surface area contributed by atoms with Crippen LogP contribution >= 0.6 is 0 Å². The molecular weight excluding hydrogens is 503 g/mol. The molecule has 39 heavy (non-hydrogen) atoms. The topological polar surface area (TPSA) is 113 Å². The molecule has 0 radical (unpaired) electrons. The molecule has 11 nitrogen and oxygen atoms in total. The van der Waals surface area contributed by atoms with Crippen molar-refractivity contribution in [3.05, 3.63) is 47.4 Å². The summed E-state index contributed by atoms with van der Waals surface area (Å²) >= 11 is 0. The molecule has 2 saturated heterocycles. The number of hydrogen-bond acceptors (Lipinski definition) is 8. The molecule has 1 atom stereocenters. The first-order valence-electron chi connectivity index (χ1n) is 13.4. The van der Waals surface area contributed by atoms with Crippen LogP contribution in [0.25, 0.3) is 5.65 Å². The number of carbonyl (C=O) groups is 2. The van der Waals surface area contributed by atoms with Crippen molar-refractivity contribution in [2.75, 3.05) is 63.2 Å². The highest BCUT2D eigenvalue weighted by Gasteiger charge is 2.33. The van der Waals surface area contributed by atoms with E-state index in [4.69, 9.17) is 20.6 Å². The molecule has 2 fully saturated rings. The Morgan fingerprint density at radius 2 is 1.82 bits per heavy atom. The number of nitrogens with zero attached hydrogens (tertiary/aromatic N) is 7. The van der Waals surface area contributed by atoms with E-state index in [0.29, 0.717) is 25.3 Å². The molecule has 0 spiro atoms. The van der Waals surface area contributed by atoms with Crippen LogP contribution < -0.4 is 20.3 Å². The number of benzene rings is 1. The first-order chi connectivity index (χ1) is 18.8. The number of hydrogen-bond donors (Lipinski definition) is 1. The number of anilines is 2. The summed E-state index contributed by atoms with van der Waals surface area (Å²) in [6, 6.07) is 7.58. The molecule has 0 saturated carbocycles. The van der Waals surface area contributed by atoms with Gasteiger partial charge in [-0.05, 0) is 37.5 Å². The van der Waals surface area contributed by atoms with Gasteiger partial charge in [0.15, 0.2) is 12.3 Å². The first kappa shape index (κ1) is 25.4. The van der Waals surface area contributed by atoms with E-state index in [2.05, 4.69) is 4.90 Å². The maximum atomic E-state index is 14.3. The summed E-state index contributed by atoms with van der Waals surface area (Å²) in [5, 5.41) is 4.95. The smallest absolute Gasteiger partial charge is 0.260 e. The third-order valence-corrected chi connectivity index (χ3v) is 7.86. The third-order valence-electron chi connectivity index (χ3n) is 7.86. The summed E-state index contributed by atoms with van der Waals surface area (Å²) in [5.41, 5.74) is 7.55. The number of rotatable bonds is 1. The first-order valence-corrected chi connectivity index (χ1v) is 13.4. The van der Waals surface area contributed by atoms with Crippen LogP contribution in [0, 0.1) is 5.82 Å². The van der Waals surface area contributed by atoms with E-state index in [1.165, 1.54) is 18.2 Å². The number of aromatic nitrogens is 3. The molecule has 2 bridgehead atoms. The minimum absolute atomic E-state index is 0.100. The van der Waals surface area contributed by atoms with Crippen molar-refractivity contribution in [3.8, 4) is 5.75 Å². The number of amides is 2. The summed E-state index contributed by atoms with van der Waals surface area (Å²) in [6.07, 6.45) is 2.49. The number of halogens is 1. The predicted molar refractivity (Wildman–Crippen MR) is 144 cm³/mol. The number of fused-ring (bicyclic) bond motifs is 4. The molecule has 0 unspecified atom stereocenters. The van der Waals surface area contributed by atoms with Crippen molar-refractivity contribution in [1.82, 2.24) is 24.4 Å². The predicted octanol–water partition coefficient (Wildman–Crippen LogP) is 1.67. The van der Waals surface area contributed by atoms with E-state index in [9.17, 15) is 14.0 Å². The van der Waals surface area contributed by atoms with Gasteiger partial charge in [0, 0.05) is 65.0 Å². The number of carbonyl (C=O) groups excluding carboxylic acids is 2. The van der Waals surface area contributed by atoms with Gasteiger partial charge in [-0.25, -0.2) is 9.37 Å². The lowest BCUT2D eigenvalue weighted by Crippen LogP contribution is -2.56. The van der Waals surface area contributed by atoms with Crippen molar-refractivity contribution in [2.45, 2.75) is 31.3 Å². The summed E-state index contributed by atoms with van der Waals surface area (Å²) in [5.74, 6) is 0.694. The van der Waals surface area contributed by atoms with Crippen LogP contribution in [-0.2, 0) is 4.79 Å². The molecule has 3 aromatic rings. The van der Waals surface area contributed by atoms with E-state index < -0.39 is 5.82 Å². The van der Waals surface area contributed by atoms with Gasteiger partial charge >= 0.3 is 0 Å². The normalized spacial score (nSPS) is 21.2. The third kappa shape index (κ3) is 4.73. The monoisotopic (exact) mass is 536 g/mol. The van der Waals surface area contributed by atoms with Crippen LogP contribution in [0.5, 0.6) is 5.75 Å². The minimum atomic E-state index is -0.542. The van der Waals surface area contributed by atoms with Gasteiger partial charge < -0.3 is 30.1 Å². The van der Waals surface area contributed by atoms with E-state index >= 15 is 0 Å². The van der Waals surface area contributed by atoms with E-state index in [1.807, 2.05) is 24.1 Å².